The van der Waals surface area contributed by atoms with Gasteiger partial charge in [0.05, 0.1) is 0 Å². The van der Waals surface area contributed by atoms with Gasteiger partial charge in [0.25, 0.3) is 0 Å². The Balaban J connectivity index is 2.47. The van der Waals surface area contributed by atoms with Crippen LogP contribution in [0.25, 0.3) is 11.1 Å². The normalized spacial score (nSPS) is 12.8. The topological polar surface area (TPSA) is 17.1 Å². The molecular formula is C25H30O. The summed E-state index contributed by atoms with van der Waals surface area (Å²) in [5, 5.41) is 0. The number of carbonyl (C=O) groups excluding carboxylic acids is 1. The van der Waals surface area contributed by atoms with E-state index in [2.05, 4.69) is 65.8 Å². The van der Waals surface area contributed by atoms with Gasteiger partial charge in [-0.15, -0.1) is 0 Å². The van der Waals surface area contributed by atoms with Crippen LogP contribution in [-0.4, -0.2) is 5.78 Å². The maximum absolute atomic E-state index is 12.9. The second-order valence-corrected chi connectivity index (χ2v) is 7.54. The van der Waals surface area contributed by atoms with Crippen molar-refractivity contribution in [2.45, 2.75) is 41.5 Å². The van der Waals surface area contributed by atoms with E-state index in [9.17, 15) is 4.79 Å². The first kappa shape index (κ1) is 19.9. The first-order chi connectivity index (χ1) is 12.3. The van der Waals surface area contributed by atoms with E-state index in [1.165, 1.54) is 11.1 Å². The molecule has 0 aromatic heterocycles. The Hall–Kier alpha value is -2.41. The number of benzene rings is 2. The molecule has 0 aliphatic heterocycles. The van der Waals surface area contributed by atoms with Crippen molar-refractivity contribution in [1.29, 1.82) is 0 Å². The zero-order chi connectivity index (χ0) is 19.3. The summed E-state index contributed by atoms with van der Waals surface area (Å²) in [6.45, 7) is 12.7. The molecule has 0 aliphatic carbocycles. The average molecular weight is 347 g/mol. The predicted molar refractivity (Wildman–Crippen MR) is 113 cm³/mol. The van der Waals surface area contributed by atoms with E-state index in [0.717, 1.165) is 22.3 Å². The van der Waals surface area contributed by atoms with Crippen molar-refractivity contribution in [3.63, 3.8) is 0 Å². The molecule has 0 N–H and O–H groups in total. The molecule has 1 nitrogen and oxygen atoms in total. The minimum Gasteiger partial charge on any atom is -0.290 e. The van der Waals surface area contributed by atoms with Crippen molar-refractivity contribution in [3.8, 4) is 0 Å². The van der Waals surface area contributed by atoms with Gasteiger partial charge in [-0.1, -0.05) is 76.2 Å². The van der Waals surface area contributed by atoms with Gasteiger partial charge in [0.2, 0.25) is 0 Å². The van der Waals surface area contributed by atoms with Crippen molar-refractivity contribution < 1.29 is 4.79 Å². The van der Waals surface area contributed by atoms with Crippen LogP contribution in [0.4, 0.5) is 0 Å². The zero-order valence-electron chi connectivity index (χ0n) is 16.8. The van der Waals surface area contributed by atoms with Crippen LogP contribution in [0.15, 0.2) is 60.7 Å². The first-order valence-electron chi connectivity index (χ1n) is 9.40. The Kier molecular flexibility index (Phi) is 6.74. The van der Waals surface area contributed by atoms with E-state index in [1.807, 2.05) is 36.4 Å². The van der Waals surface area contributed by atoms with E-state index < -0.39 is 0 Å². The third kappa shape index (κ3) is 4.82. The molecular weight excluding hydrogens is 316 g/mol. The minimum absolute atomic E-state index is 0.0592. The molecule has 2 aromatic rings. The summed E-state index contributed by atoms with van der Waals surface area (Å²) < 4.78 is 0. The van der Waals surface area contributed by atoms with Gasteiger partial charge >= 0.3 is 0 Å². The molecule has 0 heterocycles. The fourth-order valence-electron chi connectivity index (χ4n) is 3.25. The molecule has 0 bridgehead atoms. The van der Waals surface area contributed by atoms with Crippen molar-refractivity contribution in [2.24, 2.45) is 11.8 Å². The van der Waals surface area contributed by atoms with Crippen molar-refractivity contribution in [2.75, 3.05) is 0 Å². The van der Waals surface area contributed by atoms with Gasteiger partial charge in [-0.25, -0.2) is 0 Å². The van der Waals surface area contributed by atoms with E-state index in [-0.39, 0.29) is 17.6 Å². The van der Waals surface area contributed by atoms with Gasteiger partial charge in [-0.05, 0) is 71.2 Å². The second-order valence-electron chi connectivity index (χ2n) is 7.54. The predicted octanol–water partition coefficient (Wildman–Crippen LogP) is 6.65. The summed E-state index contributed by atoms with van der Waals surface area (Å²) in [6, 6.07) is 16.5. The first-order valence-corrected chi connectivity index (χ1v) is 9.40. The highest BCUT2D eigenvalue weighted by Gasteiger charge is 2.13. The average Bonchev–Trinajstić information content (AvgIpc) is 2.58. The Morgan fingerprint density at radius 1 is 0.692 bits per heavy atom. The summed E-state index contributed by atoms with van der Waals surface area (Å²) in [7, 11) is 0. The third-order valence-electron chi connectivity index (χ3n) is 4.75. The molecule has 0 spiro atoms. The third-order valence-corrected chi connectivity index (χ3v) is 4.75. The lowest BCUT2D eigenvalue weighted by molar-refractivity contribution is -0.110. The quantitative estimate of drug-likeness (QED) is 0.535. The van der Waals surface area contributed by atoms with Crippen molar-refractivity contribution >= 4 is 16.9 Å². The summed E-state index contributed by atoms with van der Waals surface area (Å²) in [6.07, 6.45) is 3.63. The van der Waals surface area contributed by atoms with Crippen LogP contribution in [-0.2, 0) is 4.79 Å². The van der Waals surface area contributed by atoms with Crippen LogP contribution in [0.1, 0.15) is 49.9 Å². The zero-order valence-corrected chi connectivity index (χ0v) is 16.8. The Bertz CT molecular complexity index is 765. The highest BCUT2D eigenvalue weighted by atomic mass is 16.1. The molecule has 0 fully saturated rings. The van der Waals surface area contributed by atoms with Crippen LogP contribution in [0.2, 0.25) is 0 Å². The van der Waals surface area contributed by atoms with Gasteiger partial charge in [-0.3, -0.25) is 4.79 Å². The number of hydrogen-bond donors (Lipinski definition) is 0. The number of allylic oxidation sites excluding steroid dienone is 4. The Labute approximate surface area is 158 Å². The number of rotatable bonds is 6. The van der Waals surface area contributed by atoms with Gasteiger partial charge < -0.3 is 0 Å². The Morgan fingerprint density at radius 2 is 1.04 bits per heavy atom. The molecule has 0 amide bonds. The van der Waals surface area contributed by atoms with Gasteiger partial charge in [0, 0.05) is 0 Å². The number of hydrogen-bond acceptors (Lipinski definition) is 1. The van der Waals surface area contributed by atoms with Crippen LogP contribution in [0.3, 0.4) is 0 Å². The molecule has 0 radical (unpaired) electrons. The fraction of sp³-hybridized carbons (Fsp3) is 0.320. The molecule has 2 rings (SSSR count). The molecule has 0 atom stereocenters. The maximum Gasteiger partial charge on any atom is 0.179 e. The molecule has 0 saturated carbocycles. The molecule has 1 heteroatoms. The molecule has 2 aromatic carbocycles. The minimum atomic E-state index is 0.0592. The summed E-state index contributed by atoms with van der Waals surface area (Å²) in [5.41, 5.74) is 6.91. The van der Waals surface area contributed by atoms with E-state index in [0.29, 0.717) is 0 Å². The largest absolute Gasteiger partial charge is 0.290 e. The van der Waals surface area contributed by atoms with Gasteiger partial charge in [0.15, 0.2) is 5.78 Å². The summed E-state index contributed by atoms with van der Waals surface area (Å²) in [4.78, 5) is 12.9. The summed E-state index contributed by atoms with van der Waals surface area (Å²) in [5.74, 6) is 0.632. The molecule has 0 unspecified atom stereocenters. The SMILES string of the molecule is Cc1ccccc1C(=CC(=O)C=C(c1ccccc1C)C(C)C)C(C)C. The smallest absolute Gasteiger partial charge is 0.179 e. The maximum atomic E-state index is 12.9. The fourth-order valence-corrected chi connectivity index (χ4v) is 3.25. The van der Waals surface area contributed by atoms with E-state index in [1.54, 1.807) is 0 Å². The molecule has 0 aliphatic rings. The lowest BCUT2D eigenvalue weighted by Crippen LogP contribution is -2.03. The number of carbonyl (C=O) groups is 1. The molecule has 0 saturated heterocycles. The second kappa shape index (κ2) is 8.80. The molecule has 136 valence electrons. The van der Waals surface area contributed by atoms with Crippen LogP contribution in [0, 0.1) is 25.7 Å². The van der Waals surface area contributed by atoms with Gasteiger partial charge in [-0.2, -0.15) is 0 Å². The summed E-state index contributed by atoms with van der Waals surface area (Å²) >= 11 is 0. The highest BCUT2D eigenvalue weighted by molar-refractivity contribution is 6.08. The van der Waals surface area contributed by atoms with Crippen molar-refractivity contribution in [3.05, 3.63) is 82.9 Å². The number of aryl methyl sites for hydroxylation is 2. The van der Waals surface area contributed by atoms with Crippen LogP contribution < -0.4 is 0 Å². The van der Waals surface area contributed by atoms with Crippen LogP contribution in [0.5, 0.6) is 0 Å². The standard InChI is InChI=1S/C25H30O/c1-17(2)24(22-13-9-7-11-19(22)5)15-21(26)16-25(18(3)4)23-14-10-8-12-20(23)6/h7-18H,1-6H3. The lowest BCUT2D eigenvalue weighted by Gasteiger charge is -2.16. The van der Waals surface area contributed by atoms with Crippen molar-refractivity contribution in [1.82, 2.24) is 0 Å². The van der Waals surface area contributed by atoms with E-state index in [4.69, 9.17) is 0 Å². The Morgan fingerprint density at radius 3 is 1.35 bits per heavy atom. The lowest BCUT2D eigenvalue weighted by atomic mass is 9.89. The highest BCUT2D eigenvalue weighted by Crippen LogP contribution is 2.28. The van der Waals surface area contributed by atoms with Gasteiger partial charge in [0.1, 0.15) is 0 Å². The monoisotopic (exact) mass is 346 g/mol. The van der Waals surface area contributed by atoms with E-state index >= 15 is 0 Å². The molecule has 26 heavy (non-hydrogen) atoms. The number of ketones is 1. The van der Waals surface area contributed by atoms with Crippen LogP contribution >= 0.6 is 0 Å².